The van der Waals surface area contributed by atoms with Crippen LogP contribution in [0.25, 0.3) is 10.9 Å². The number of benzene rings is 2. The van der Waals surface area contributed by atoms with Gasteiger partial charge in [-0.3, -0.25) is 14.3 Å². The average Bonchev–Trinajstić information content (AvgIpc) is 2.80. The first-order valence-corrected chi connectivity index (χ1v) is 14.3. The Kier molecular flexibility index (Phi) is 6.60. The largest absolute Gasteiger partial charge is 0.298 e. The summed E-state index contributed by atoms with van der Waals surface area (Å²) < 4.78 is 52.5. The molecule has 0 amide bonds. The van der Waals surface area contributed by atoms with Crippen LogP contribution in [0.1, 0.15) is 18.8 Å². The van der Waals surface area contributed by atoms with Gasteiger partial charge < -0.3 is 0 Å². The molecule has 1 atom stereocenters. The zero-order valence-corrected chi connectivity index (χ0v) is 21.4. The quantitative estimate of drug-likeness (QED) is 0.502. The number of sulfone groups is 1. The third kappa shape index (κ3) is 4.63. The fourth-order valence-electron chi connectivity index (χ4n) is 4.12. The molecule has 2 heterocycles. The number of hydrogen-bond donors (Lipinski definition) is 0. The maximum atomic E-state index is 13.0. The lowest BCUT2D eigenvalue weighted by Gasteiger charge is -2.37. The second-order valence-electron chi connectivity index (χ2n) is 8.36. The molecular weight excluding hydrogens is 500 g/mol. The third-order valence-electron chi connectivity index (χ3n) is 6.16. The number of sulfonamides is 1. The summed E-state index contributed by atoms with van der Waals surface area (Å²) in [6.45, 7) is 3.45. The number of aromatic nitrogens is 2. The van der Waals surface area contributed by atoms with Gasteiger partial charge in [0.15, 0.2) is 9.84 Å². The molecule has 3 aromatic rings. The smallest absolute Gasteiger partial charge is 0.261 e. The Balaban J connectivity index is 1.56. The highest BCUT2D eigenvalue weighted by molar-refractivity contribution is 7.90. The van der Waals surface area contributed by atoms with Crippen LogP contribution < -0.4 is 5.56 Å². The van der Waals surface area contributed by atoms with Crippen LogP contribution in [-0.2, 0) is 26.9 Å². The van der Waals surface area contributed by atoms with Gasteiger partial charge in [-0.05, 0) is 49.4 Å². The van der Waals surface area contributed by atoms with Gasteiger partial charge in [0.25, 0.3) is 5.56 Å². The third-order valence-corrected chi connectivity index (χ3v) is 9.43. The number of piperazine rings is 1. The monoisotopic (exact) mass is 524 g/mol. The van der Waals surface area contributed by atoms with Crippen molar-refractivity contribution in [3.8, 4) is 0 Å². The zero-order chi connectivity index (χ0) is 24.8. The molecule has 1 aliphatic rings. The van der Waals surface area contributed by atoms with Crippen molar-refractivity contribution in [3.63, 3.8) is 0 Å². The Hall–Kier alpha value is -2.31. The van der Waals surface area contributed by atoms with Gasteiger partial charge in [-0.15, -0.1) is 0 Å². The molecular formula is C22H25ClN4O5S2. The number of rotatable bonds is 5. The van der Waals surface area contributed by atoms with Crippen LogP contribution in [0, 0.1) is 0 Å². The standard InChI is InChI=1S/C22H25ClN4O5S2/c1-15(21-24-20-9-8-18(33(3,29)30)14-19(20)22(28)25(21)2)26-10-12-27(13-11-26)34(31,32)17-6-4-16(23)5-7-17/h4-9,14-15H,10-13H2,1-3H3. The maximum absolute atomic E-state index is 13.0. The van der Waals surface area contributed by atoms with Gasteiger partial charge in [0.05, 0.1) is 26.7 Å². The van der Waals surface area contributed by atoms with E-state index in [0.29, 0.717) is 42.5 Å². The van der Waals surface area contributed by atoms with Gasteiger partial charge in [-0.2, -0.15) is 4.31 Å². The first-order valence-electron chi connectivity index (χ1n) is 10.6. The molecule has 1 unspecified atom stereocenters. The normalized spacial score (nSPS) is 17.2. The van der Waals surface area contributed by atoms with E-state index in [1.54, 1.807) is 25.2 Å². The Labute approximate surface area is 203 Å². The van der Waals surface area contributed by atoms with Crippen molar-refractivity contribution in [2.24, 2.45) is 7.05 Å². The summed E-state index contributed by atoms with van der Waals surface area (Å²) in [4.78, 5) is 20.0. The SMILES string of the molecule is CC(c1nc2ccc(S(C)(=O)=O)cc2c(=O)n1C)N1CCN(S(=O)(=O)c2ccc(Cl)cc2)CC1. The fraction of sp³-hybridized carbons (Fsp3) is 0.364. The van der Waals surface area contributed by atoms with Crippen LogP contribution in [0.15, 0.2) is 57.1 Å². The van der Waals surface area contributed by atoms with E-state index in [1.165, 1.54) is 33.1 Å². The molecule has 2 aromatic carbocycles. The highest BCUT2D eigenvalue weighted by Crippen LogP contribution is 2.25. The van der Waals surface area contributed by atoms with Crippen LogP contribution in [0.5, 0.6) is 0 Å². The van der Waals surface area contributed by atoms with Gasteiger partial charge >= 0.3 is 0 Å². The van der Waals surface area contributed by atoms with Crippen molar-refractivity contribution in [1.29, 1.82) is 0 Å². The molecule has 1 aromatic heterocycles. The second-order valence-corrected chi connectivity index (χ2v) is 12.7. The van der Waals surface area contributed by atoms with Gasteiger partial charge in [0, 0.05) is 44.5 Å². The van der Waals surface area contributed by atoms with Crippen molar-refractivity contribution in [1.82, 2.24) is 18.8 Å². The molecule has 1 saturated heterocycles. The lowest BCUT2D eigenvalue weighted by molar-refractivity contribution is 0.139. The molecule has 1 aliphatic heterocycles. The van der Waals surface area contributed by atoms with Gasteiger partial charge in [-0.25, -0.2) is 21.8 Å². The molecule has 0 bridgehead atoms. The van der Waals surface area contributed by atoms with E-state index in [0.717, 1.165) is 6.26 Å². The minimum Gasteiger partial charge on any atom is -0.298 e. The van der Waals surface area contributed by atoms with E-state index in [2.05, 4.69) is 9.88 Å². The Morgan fingerprint density at radius 2 is 1.53 bits per heavy atom. The van der Waals surface area contributed by atoms with Crippen LogP contribution in [0.2, 0.25) is 5.02 Å². The number of hydrogen-bond acceptors (Lipinski definition) is 7. The van der Waals surface area contributed by atoms with E-state index in [1.807, 2.05) is 6.92 Å². The topological polar surface area (TPSA) is 110 Å². The molecule has 12 heteroatoms. The summed E-state index contributed by atoms with van der Waals surface area (Å²) >= 11 is 5.88. The van der Waals surface area contributed by atoms with Crippen LogP contribution in [0.4, 0.5) is 0 Å². The summed E-state index contributed by atoms with van der Waals surface area (Å²) in [7, 11) is -5.47. The lowest BCUT2D eigenvalue weighted by Crippen LogP contribution is -2.49. The molecule has 1 fully saturated rings. The predicted molar refractivity (Wildman–Crippen MR) is 130 cm³/mol. The van der Waals surface area contributed by atoms with E-state index >= 15 is 0 Å². The van der Waals surface area contributed by atoms with Crippen molar-refractivity contribution in [2.75, 3.05) is 32.4 Å². The van der Waals surface area contributed by atoms with Gasteiger partial charge in [0.2, 0.25) is 10.0 Å². The summed E-state index contributed by atoms with van der Waals surface area (Å²) in [5.41, 5.74) is 0.0857. The minimum absolute atomic E-state index is 0.0673. The van der Waals surface area contributed by atoms with Gasteiger partial charge in [0.1, 0.15) is 5.82 Å². The summed E-state index contributed by atoms with van der Waals surface area (Å²) in [5, 5.41) is 0.707. The van der Waals surface area contributed by atoms with E-state index in [4.69, 9.17) is 11.6 Å². The van der Waals surface area contributed by atoms with E-state index in [9.17, 15) is 21.6 Å². The number of nitrogens with zero attached hydrogens (tertiary/aromatic N) is 4. The Morgan fingerprint density at radius 3 is 2.12 bits per heavy atom. The molecule has 34 heavy (non-hydrogen) atoms. The first-order chi connectivity index (χ1) is 15.9. The Morgan fingerprint density at radius 1 is 0.941 bits per heavy atom. The van der Waals surface area contributed by atoms with E-state index < -0.39 is 19.9 Å². The van der Waals surface area contributed by atoms with Crippen LogP contribution in [0.3, 0.4) is 0 Å². The van der Waals surface area contributed by atoms with Crippen LogP contribution >= 0.6 is 11.6 Å². The first kappa shape index (κ1) is 24.8. The molecule has 0 spiro atoms. The predicted octanol–water partition coefficient (Wildman–Crippen LogP) is 2.06. The molecule has 4 rings (SSSR count). The molecule has 0 aliphatic carbocycles. The average molecular weight is 525 g/mol. The van der Waals surface area contributed by atoms with Gasteiger partial charge in [-0.1, -0.05) is 11.6 Å². The highest BCUT2D eigenvalue weighted by atomic mass is 35.5. The minimum atomic E-state index is -3.62. The Bertz CT molecular complexity index is 1510. The van der Waals surface area contributed by atoms with E-state index in [-0.39, 0.29) is 26.8 Å². The summed E-state index contributed by atoms with van der Waals surface area (Å²) in [6, 6.07) is 10.2. The van der Waals surface area contributed by atoms with Crippen molar-refractivity contribution in [2.45, 2.75) is 22.8 Å². The maximum Gasteiger partial charge on any atom is 0.261 e. The van der Waals surface area contributed by atoms with Crippen LogP contribution in [-0.4, -0.2) is 68.0 Å². The molecule has 0 radical (unpaired) electrons. The summed E-state index contributed by atoms with van der Waals surface area (Å²) in [5.74, 6) is 0.526. The number of halogens is 1. The van der Waals surface area contributed by atoms with Crippen molar-refractivity contribution >= 4 is 42.4 Å². The molecule has 182 valence electrons. The molecule has 9 nitrogen and oxygen atoms in total. The summed E-state index contributed by atoms with van der Waals surface area (Å²) in [6.07, 6.45) is 1.09. The van der Waals surface area contributed by atoms with Crippen molar-refractivity contribution in [3.05, 3.63) is 63.7 Å². The molecule has 0 saturated carbocycles. The number of fused-ring (bicyclic) bond motifs is 1. The lowest BCUT2D eigenvalue weighted by atomic mass is 10.2. The zero-order valence-electron chi connectivity index (χ0n) is 19.0. The fourth-order valence-corrected chi connectivity index (χ4v) is 6.32. The molecule has 0 N–H and O–H groups in total. The van der Waals surface area contributed by atoms with Crippen molar-refractivity contribution < 1.29 is 16.8 Å². The second kappa shape index (κ2) is 9.04. The highest BCUT2D eigenvalue weighted by Gasteiger charge is 2.31.